The number of benzene rings is 3. The fourth-order valence-electron chi connectivity index (χ4n) is 4.51. The number of fused-ring (bicyclic) bond motifs is 1. The van der Waals surface area contributed by atoms with E-state index in [0.29, 0.717) is 6.54 Å². The van der Waals surface area contributed by atoms with Crippen LogP contribution in [0.15, 0.2) is 66.7 Å². The van der Waals surface area contributed by atoms with E-state index in [-0.39, 0.29) is 12.0 Å². The molecular weight excluding hydrogens is 464 g/mol. The van der Waals surface area contributed by atoms with Gasteiger partial charge < -0.3 is 20.1 Å². The van der Waals surface area contributed by atoms with Gasteiger partial charge in [0.05, 0.1) is 6.04 Å². The number of hydrogen-bond acceptors (Lipinski definition) is 5. The van der Waals surface area contributed by atoms with Gasteiger partial charge in [0.25, 0.3) is 0 Å². The Morgan fingerprint density at radius 1 is 0.946 bits per heavy atom. The van der Waals surface area contributed by atoms with Crippen molar-refractivity contribution >= 4 is 22.8 Å². The summed E-state index contributed by atoms with van der Waals surface area (Å²) in [5, 5.41) is 2.20. The summed E-state index contributed by atoms with van der Waals surface area (Å²) < 4.78 is 11.0. The number of amides is 1. The van der Waals surface area contributed by atoms with E-state index in [1.54, 1.807) is 11.8 Å². The van der Waals surface area contributed by atoms with Crippen LogP contribution < -0.4 is 5.73 Å². The van der Waals surface area contributed by atoms with Crippen LogP contribution in [0, 0.1) is 12.8 Å². The predicted molar refractivity (Wildman–Crippen MR) is 148 cm³/mol. The van der Waals surface area contributed by atoms with Crippen molar-refractivity contribution in [2.75, 3.05) is 6.54 Å². The Morgan fingerprint density at radius 2 is 1.65 bits per heavy atom. The Hall–Kier alpha value is -3.38. The average Bonchev–Trinajstić information content (AvgIpc) is 2.89. The van der Waals surface area contributed by atoms with Crippen molar-refractivity contribution in [3.8, 4) is 0 Å². The van der Waals surface area contributed by atoms with E-state index in [1.807, 2.05) is 45.0 Å². The lowest BCUT2D eigenvalue weighted by molar-refractivity contribution is -0.169. The first-order chi connectivity index (χ1) is 17.7. The number of ether oxygens (including phenoxy) is 2. The van der Waals surface area contributed by atoms with Crippen LogP contribution in [0.3, 0.4) is 0 Å². The number of carbonyl (C=O) groups is 2. The SMILES string of the molecule is CCC(C)C(N)C(=O)OC(C)OC(=O)N(CCCc1cccc(C)c1)[C@H](C)c1cccc2ccccc12. The summed E-state index contributed by atoms with van der Waals surface area (Å²) in [6.07, 6.45) is 0.779. The topological polar surface area (TPSA) is 81.9 Å². The van der Waals surface area contributed by atoms with Crippen molar-refractivity contribution in [1.82, 2.24) is 4.90 Å². The lowest BCUT2D eigenvalue weighted by Crippen LogP contribution is -2.42. The summed E-state index contributed by atoms with van der Waals surface area (Å²) in [5.74, 6) is -0.595. The summed E-state index contributed by atoms with van der Waals surface area (Å²) in [5.41, 5.74) is 9.47. The van der Waals surface area contributed by atoms with Gasteiger partial charge in [-0.25, -0.2) is 4.79 Å². The molecular formula is C31H40N2O4. The van der Waals surface area contributed by atoms with Gasteiger partial charge in [-0.2, -0.15) is 0 Å². The highest BCUT2D eigenvalue weighted by Crippen LogP contribution is 2.29. The van der Waals surface area contributed by atoms with Crippen LogP contribution in [0.2, 0.25) is 0 Å². The molecule has 1 amide bonds. The Labute approximate surface area is 220 Å². The number of aryl methyl sites for hydroxylation is 2. The maximum absolute atomic E-state index is 13.4. The van der Waals surface area contributed by atoms with Gasteiger partial charge in [0.2, 0.25) is 6.29 Å². The van der Waals surface area contributed by atoms with Crippen LogP contribution in [0.5, 0.6) is 0 Å². The molecule has 3 unspecified atom stereocenters. The first-order valence-corrected chi connectivity index (χ1v) is 13.2. The van der Waals surface area contributed by atoms with Crippen LogP contribution in [-0.4, -0.2) is 35.8 Å². The molecule has 0 aliphatic rings. The maximum atomic E-state index is 13.4. The molecule has 3 aromatic carbocycles. The number of rotatable bonds is 11. The zero-order valence-electron chi connectivity index (χ0n) is 22.6. The molecule has 0 saturated heterocycles. The van der Waals surface area contributed by atoms with Crippen LogP contribution in [-0.2, 0) is 20.7 Å². The first-order valence-electron chi connectivity index (χ1n) is 13.2. The van der Waals surface area contributed by atoms with Crippen molar-refractivity contribution in [3.63, 3.8) is 0 Å². The van der Waals surface area contributed by atoms with E-state index in [0.717, 1.165) is 35.6 Å². The molecule has 0 aliphatic carbocycles. The fourth-order valence-corrected chi connectivity index (χ4v) is 4.51. The van der Waals surface area contributed by atoms with Gasteiger partial charge in [0.15, 0.2) is 0 Å². The molecule has 3 rings (SSSR count). The van der Waals surface area contributed by atoms with Crippen LogP contribution >= 0.6 is 0 Å². The van der Waals surface area contributed by atoms with E-state index in [9.17, 15) is 9.59 Å². The number of hydrogen-bond donors (Lipinski definition) is 1. The molecule has 6 nitrogen and oxygen atoms in total. The quantitative estimate of drug-likeness (QED) is 0.237. The second-order valence-electron chi connectivity index (χ2n) is 9.83. The van der Waals surface area contributed by atoms with Gasteiger partial charge in [-0.1, -0.05) is 92.6 Å². The molecule has 0 saturated carbocycles. The molecule has 0 heterocycles. The molecule has 37 heavy (non-hydrogen) atoms. The molecule has 0 fully saturated rings. The first kappa shape index (κ1) is 28.2. The average molecular weight is 505 g/mol. The second kappa shape index (κ2) is 13.2. The Balaban J connectivity index is 1.77. The summed E-state index contributed by atoms with van der Waals surface area (Å²) >= 11 is 0. The summed E-state index contributed by atoms with van der Waals surface area (Å²) in [6, 6.07) is 21.6. The van der Waals surface area contributed by atoms with Crippen molar-refractivity contribution in [1.29, 1.82) is 0 Å². The highest BCUT2D eigenvalue weighted by Gasteiger charge is 2.28. The van der Waals surface area contributed by atoms with Crippen molar-refractivity contribution < 1.29 is 19.1 Å². The minimum Gasteiger partial charge on any atom is -0.424 e. The Kier molecular flexibility index (Phi) is 10.1. The highest BCUT2D eigenvalue weighted by atomic mass is 16.7. The lowest BCUT2D eigenvalue weighted by atomic mass is 9.98. The van der Waals surface area contributed by atoms with Gasteiger partial charge in [-0.15, -0.1) is 0 Å². The Bertz CT molecular complexity index is 1190. The normalized spacial score (nSPS) is 14.4. The summed E-state index contributed by atoms with van der Waals surface area (Å²) in [7, 11) is 0. The molecule has 198 valence electrons. The molecule has 0 aliphatic heterocycles. The number of nitrogens with zero attached hydrogens (tertiary/aromatic N) is 1. The van der Waals surface area contributed by atoms with Crippen LogP contribution in [0.4, 0.5) is 4.79 Å². The van der Waals surface area contributed by atoms with Gasteiger partial charge >= 0.3 is 12.1 Å². The third-order valence-electron chi connectivity index (χ3n) is 7.00. The third kappa shape index (κ3) is 7.56. The van der Waals surface area contributed by atoms with E-state index in [4.69, 9.17) is 15.2 Å². The molecule has 4 atom stereocenters. The van der Waals surface area contributed by atoms with E-state index in [1.165, 1.54) is 11.1 Å². The number of nitrogens with two attached hydrogens (primary N) is 1. The minimum atomic E-state index is -1.05. The van der Waals surface area contributed by atoms with Crippen molar-refractivity contribution in [3.05, 3.63) is 83.4 Å². The smallest absolute Gasteiger partial charge is 0.413 e. The second-order valence-corrected chi connectivity index (χ2v) is 9.83. The molecule has 6 heteroatoms. The molecule has 3 aromatic rings. The van der Waals surface area contributed by atoms with Gasteiger partial charge in [0.1, 0.15) is 6.04 Å². The Morgan fingerprint density at radius 3 is 2.38 bits per heavy atom. The van der Waals surface area contributed by atoms with E-state index >= 15 is 0 Å². The monoisotopic (exact) mass is 504 g/mol. The van der Waals surface area contributed by atoms with E-state index in [2.05, 4.69) is 49.4 Å². The van der Waals surface area contributed by atoms with Gasteiger partial charge in [-0.3, -0.25) is 4.79 Å². The largest absolute Gasteiger partial charge is 0.424 e. The molecule has 2 N–H and O–H groups in total. The van der Waals surface area contributed by atoms with E-state index < -0.39 is 24.4 Å². The number of esters is 1. The van der Waals surface area contributed by atoms with Crippen molar-refractivity contribution in [2.24, 2.45) is 11.7 Å². The molecule has 0 radical (unpaired) electrons. The maximum Gasteiger partial charge on any atom is 0.413 e. The summed E-state index contributed by atoms with van der Waals surface area (Å²) in [6.45, 7) is 9.97. The predicted octanol–water partition coefficient (Wildman–Crippen LogP) is 6.54. The highest BCUT2D eigenvalue weighted by molar-refractivity contribution is 5.86. The third-order valence-corrected chi connectivity index (χ3v) is 7.00. The molecule has 0 spiro atoms. The molecule has 0 bridgehead atoms. The fraction of sp³-hybridized carbons (Fsp3) is 0.419. The zero-order chi connectivity index (χ0) is 26.9. The minimum absolute atomic E-state index is 0.0279. The standard InChI is InChI=1S/C31H40N2O4/c1-6-22(3)29(32)30(34)36-24(5)37-31(35)33(19-11-14-25-13-9-12-21(2)20-25)23(4)27-18-10-16-26-15-7-8-17-28(26)27/h7-10,12-13,15-18,20,22-24,29H,6,11,14,19,32H2,1-5H3/t22?,23-,24?,29?/m1/s1. The molecule has 0 aromatic heterocycles. The van der Waals surface area contributed by atoms with Crippen LogP contribution in [0.25, 0.3) is 10.8 Å². The van der Waals surface area contributed by atoms with Gasteiger partial charge in [-0.05, 0) is 54.5 Å². The summed E-state index contributed by atoms with van der Waals surface area (Å²) in [4.78, 5) is 27.6. The van der Waals surface area contributed by atoms with Crippen LogP contribution in [0.1, 0.15) is 63.3 Å². The lowest BCUT2D eigenvalue weighted by Gasteiger charge is -2.31. The number of carbonyl (C=O) groups excluding carboxylic acids is 2. The zero-order valence-corrected chi connectivity index (χ0v) is 22.6. The van der Waals surface area contributed by atoms with Crippen molar-refractivity contribution in [2.45, 2.75) is 72.3 Å². The van der Waals surface area contributed by atoms with Gasteiger partial charge in [0, 0.05) is 13.5 Å².